The molecule has 7 N–H and O–H groups in total. The number of likely N-dealkylation sites (tertiary alicyclic amines) is 1. The first kappa shape index (κ1) is 17.3. The topological polar surface area (TPSA) is 150 Å². The number of nitrogen functional groups attached to an aromatic ring is 1. The maximum absolute atomic E-state index is 10.8. The van der Waals surface area contributed by atoms with Crippen LogP contribution in [-0.2, 0) is 10.2 Å². The molecular weight excluding hydrogens is 320 g/mol. The minimum Gasteiger partial charge on any atom is -0.481 e. The van der Waals surface area contributed by atoms with Crippen molar-refractivity contribution >= 4 is 21.6 Å². The fraction of sp³-hybridized carbons (Fsp3) is 0.462. The van der Waals surface area contributed by atoms with E-state index in [-0.39, 0.29) is 0 Å². The Morgan fingerprint density at radius 1 is 1.57 bits per heavy atom. The van der Waals surface area contributed by atoms with E-state index < -0.39 is 10.2 Å². The monoisotopic (exact) mass is 342 g/mol. The Morgan fingerprint density at radius 3 is 2.78 bits per heavy atom. The Labute approximate surface area is 135 Å². The van der Waals surface area contributed by atoms with Gasteiger partial charge in [-0.05, 0) is 12.3 Å². The van der Waals surface area contributed by atoms with Crippen LogP contribution in [0, 0.1) is 5.92 Å². The molecule has 23 heavy (non-hydrogen) atoms. The van der Waals surface area contributed by atoms with Crippen LogP contribution in [-0.4, -0.2) is 45.0 Å². The summed E-state index contributed by atoms with van der Waals surface area (Å²) in [7, 11) is -2.10. The normalized spacial score (nSPS) is 16.3. The van der Waals surface area contributed by atoms with Crippen LogP contribution < -0.4 is 26.1 Å². The molecule has 0 spiro atoms. The van der Waals surface area contributed by atoms with Crippen LogP contribution in [0.15, 0.2) is 18.5 Å². The number of rotatable bonds is 7. The second-order valence-corrected chi connectivity index (χ2v) is 6.74. The predicted molar refractivity (Wildman–Crippen MR) is 88.2 cm³/mol. The first-order valence-corrected chi connectivity index (χ1v) is 8.62. The van der Waals surface area contributed by atoms with Gasteiger partial charge in [0.2, 0.25) is 5.88 Å². The molecule has 1 aromatic heterocycles. The van der Waals surface area contributed by atoms with Gasteiger partial charge in [-0.3, -0.25) is 0 Å². The van der Waals surface area contributed by atoms with Gasteiger partial charge in [-0.1, -0.05) is 0 Å². The van der Waals surface area contributed by atoms with E-state index in [0.29, 0.717) is 30.5 Å². The fourth-order valence-corrected chi connectivity index (χ4v) is 2.90. The third-order valence-electron chi connectivity index (χ3n) is 3.71. The van der Waals surface area contributed by atoms with Gasteiger partial charge in [0.1, 0.15) is 0 Å². The van der Waals surface area contributed by atoms with Gasteiger partial charge >= 0.3 is 0 Å². The molecule has 0 aliphatic carbocycles. The summed E-state index contributed by atoms with van der Waals surface area (Å²) in [5.74, 6) is 0.810. The van der Waals surface area contributed by atoms with Crippen molar-refractivity contribution in [1.29, 1.82) is 0 Å². The molecule has 10 heteroatoms. The van der Waals surface area contributed by atoms with Crippen LogP contribution >= 0.6 is 0 Å². The second-order valence-electron chi connectivity index (χ2n) is 5.36. The summed E-state index contributed by atoms with van der Waals surface area (Å²) < 4.78 is 28.9. The summed E-state index contributed by atoms with van der Waals surface area (Å²) in [5, 5.41) is 4.89. The molecule has 1 aliphatic rings. The van der Waals surface area contributed by atoms with E-state index in [4.69, 9.17) is 21.3 Å². The SMILES string of the molecule is COc1cc(N)c(/C(=C\N)N2CC(CCNS(N)(=O)=O)C2)cn1. The van der Waals surface area contributed by atoms with E-state index in [0.717, 1.165) is 24.4 Å². The molecule has 0 unspecified atom stereocenters. The van der Waals surface area contributed by atoms with Crippen LogP contribution in [0.5, 0.6) is 5.88 Å². The Balaban J connectivity index is 1.92. The molecule has 0 amide bonds. The number of ether oxygens (including phenoxy) is 1. The standard InChI is InChI=1S/C13H22N6O3S/c1-22-13-4-11(15)10(6-17-13)12(5-14)19-7-9(8-19)2-3-18-23(16,20)21/h4-6,9,18H,2-3,7-8,14H2,1H3,(H2,15,17)(H2,16,20,21)/b12-5+. The molecule has 2 rings (SSSR count). The number of nitrogens with two attached hydrogens (primary N) is 3. The number of methoxy groups -OCH3 is 1. The van der Waals surface area contributed by atoms with Gasteiger partial charge in [-0.2, -0.15) is 8.42 Å². The zero-order valence-electron chi connectivity index (χ0n) is 12.9. The van der Waals surface area contributed by atoms with Gasteiger partial charge < -0.3 is 21.1 Å². The lowest BCUT2D eigenvalue weighted by Gasteiger charge is -2.42. The average Bonchev–Trinajstić information content (AvgIpc) is 2.44. The van der Waals surface area contributed by atoms with Gasteiger partial charge in [0.15, 0.2) is 0 Å². The van der Waals surface area contributed by atoms with E-state index in [1.807, 2.05) is 0 Å². The van der Waals surface area contributed by atoms with E-state index in [1.54, 1.807) is 12.3 Å². The third-order valence-corrected chi connectivity index (χ3v) is 4.31. The van der Waals surface area contributed by atoms with Crippen molar-refractivity contribution in [3.63, 3.8) is 0 Å². The van der Waals surface area contributed by atoms with Crippen LogP contribution in [0.4, 0.5) is 5.69 Å². The smallest absolute Gasteiger partial charge is 0.274 e. The lowest BCUT2D eigenvalue weighted by Crippen LogP contribution is -2.47. The van der Waals surface area contributed by atoms with Crippen molar-refractivity contribution in [2.24, 2.45) is 16.8 Å². The van der Waals surface area contributed by atoms with Crippen molar-refractivity contribution in [2.45, 2.75) is 6.42 Å². The summed E-state index contributed by atoms with van der Waals surface area (Å²) in [4.78, 5) is 6.22. The summed E-state index contributed by atoms with van der Waals surface area (Å²) in [5.41, 5.74) is 13.8. The molecule has 0 aromatic carbocycles. The summed E-state index contributed by atoms with van der Waals surface area (Å²) in [6.45, 7) is 1.85. The highest BCUT2D eigenvalue weighted by Gasteiger charge is 2.29. The number of aromatic nitrogens is 1. The van der Waals surface area contributed by atoms with Gasteiger partial charge in [-0.25, -0.2) is 14.8 Å². The first-order valence-electron chi connectivity index (χ1n) is 7.08. The maximum atomic E-state index is 10.8. The molecule has 1 aromatic rings. The molecule has 9 nitrogen and oxygen atoms in total. The molecule has 1 fully saturated rings. The number of anilines is 1. The molecule has 2 heterocycles. The van der Waals surface area contributed by atoms with Gasteiger partial charge in [0.05, 0.1) is 12.8 Å². The summed E-state index contributed by atoms with van der Waals surface area (Å²) in [6, 6.07) is 1.64. The van der Waals surface area contributed by atoms with Crippen LogP contribution in [0.25, 0.3) is 5.70 Å². The first-order chi connectivity index (χ1) is 10.8. The Kier molecular flexibility index (Phi) is 5.29. The van der Waals surface area contributed by atoms with Crippen molar-refractivity contribution in [2.75, 3.05) is 32.5 Å². The molecule has 0 atom stereocenters. The number of nitrogens with zero attached hydrogens (tertiary/aromatic N) is 2. The van der Waals surface area contributed by atoms with E-state index in [9.17, 15) is 8.42 Å². The van der Waals surface area contributed by atoms with Crippen LogP contribution in [0.1, 0.15) is 12.0 Å². The zero-order chi connectivity index (χ0) is 17.0. The minimum absolute atomic E-state index is 0.325. The quantitative estimate of drug-likeness (QED) is 0.498. The number of pyridine rings is 1. The Morgan fingerprint density at radius 2 is 2.26 bits per heavy atom. The molecule has 0 saturated carbocycles. The summed E-state index contributed by atoms with van der Waals surface area (Å²) >= 11 is 0. The number of hydrogen-bond acceptors (Lipinski definition) is 7. The van der Waals surface area contributed by atoms with Crippen molar-refractivity contribution in [3.8, 4) is 5.88 Å². The minimum atomic E-state index is -3.63. The summed E-state index contributed by atoms with van der Waals surface area (Å²) in [6.07, 6.45) is 3.84. The molecule has 1 aliphatic heterocycles. The van der Waals surface area contributed by atoms with Gasteiger partial charge in [0.25, 0.3) is 10.2 Å². The van der Waals surface area contributed by atoms with E-state index in [2.05, 4.69) is 14.6 Å². The Hall–Kier alpha value is -2.04. The number of nitrogens with one attached hydrogen (secondary N) is 1. The lowest BCUT2D eigenvalue weighted by atomic mass is 9.94. The van der Waals surface area contributed by atoms with Crippen LogP contribution in [0.2, 0.25) is 0 Å². The van der Waals surface area contributed by atoms with E-state index in [1.165, 1.54) is 13.3 Å². The molecule has 0 radical (unpaired) electrons. The highest BCUT2D eigenvalue weighted by molar-refractivity contribution is 7.87. The van der Waals surface area contributed by atoms with Crippen molar-refractivity contribution < 1.29 is 13.2 Å². The van der Waals surface area contributed by atoms with Crippen LogP contribution in [0.3, 0.4) is 0 Å². The Bertz CT molecular complexity index is 685. The average molecular weight is 342 g/mol. The highest BCUT2D eigenvalue weighted by Crippen LogP contribution is 2.32. The predicted octanol–water partition coefficient (Wildman–Crippen LogP) is -0.955. The highest BCUT2D eigenvalue weighted by atomic mass is 32.2. The van der Waals surface area contributed by atoms with Crippen molar-refractivity contribution in [3.05, 3.63) is 24.0 Å². The zero-order valence-corrected chi connectivity index (χ0v) is 13.7. The maximum Gasteiger partial charge on any atom is 0.274 e. The third kappa shape index (κ3) is 4.47. The van der Waals surface area contributed by atoms with E-state index >= 15 is 0 Å². The molecule has 1 saturated heterocycles. The molecule has 0 bridgehead atoms. The second kappa shape index (κ2) is 7.02. The van der Waals surface area contributed by atoms with Gasteiger partial charge in [0, 0.05) is 49.3 Å². The van der Waals surface area contributed by atoms with Crippen molar-refractivity contribution in [1.82, 2.24) is 14.6 Å². The lowest BCUT2D eigenvalue weighted by molar-refractivity contribution is 0.166. The molecule has 128 valence electrons. The number of hydrogen-bond donors (Lipinski definition) is 4. The molecular formula is C13H22N6O3S. The van der Waals surface area contributed by atoms with Gasteiger partial charge in [-0.15, -0.1) is 0 Å². The fourth-order valence-electron chi connectivity index (χ4n) is 2.50. The largest absolute Gasteiger partial charge is 0.481 e.